The lowest BCUT2D eigenvalue weighted by atomic mass is 10.0. The molecule has 23 heavy (non-hydrogen) atoms. The van der Waals surface area contributed by atoms with Crippen molar-refractivity contribution < 1.29 is 24.2 Å². The molecule has 7 heteroatoms. The van der Waals surface area contributed by atoms with Gasteiger partial charge in [-0.1, -0.05) is 6.07 Å². The van der Waals surface area contributed by atoms with Crippen LogP contribution in [0.15, 0.2) is 18.2 Å². The van der Waals surface area contributed by atoms with Gasteiger partial charge in [0.1, 0.15) is 11.4 Å². The zero-order valence-electron chi connectivity index (χ0n) is 13.9. The number of amides is 1. The van der Waals surface area contributed by atoms with Gasteiger partial charge in [0.2, 0.25) is 0 Å². The van der Waals surface area contributed by atoms with Crippen LogP contribution in [0.3, 0.4) is 0 Å². The fourth-order valence-corrected chi connectivity index (χ4v) is 1.91. The monoisotopic (exact) mass is 324 g/mol. The number of carboxylic acid groups (broad SMARTS) is 1. The number of aliphatic carboxylic acids is 1. The van der Waals surface area contributed by atoms with Crippen LogP contribution in [0.4, 0.5) is 10.5 Å². The van der Waals surface area contributed by atoms with Crippen molar-refractivity contribution in [2.75, 3.05) is 12.4 Å². The van der Waals surface area contributed by atoms with E-state index in [4.69, 9.17) is 20.3 Å². The number of hydrogen-bond donors (Lipinski definition) is 3. The van der Waals surface area contributed by atoms with E-state index in [0.717, 1.165) is 0 Å². The van der Waals surface area contributed by atoms with E-state index in [1.165, 1.54) is 7.11 Å². The van der Waals surface area contributed by atoms with Crippen LogP contribution in [-0.2, 0) is 9.53 Å². The molecule has 0 saturated heterocycles. The summed E-state index contributed by atoms with van der Waals surface area (Å²) in [6.45, 7) is 5.30. The number of rotatable bonds is 6. The van der Waals surface area contributed by atoms with Crippen LogP contribution in [0, 0.1) is 0 Å². The average molecular weight is 324 g/mol. The Morgan fingerprint density at radius 2 is 2.00 bits per heavy atom. The van der Waals surface area contributed by atoms with Gasteiger partial charge < -0.3 is 20.3 Å². The van der Waals surface area contributed by atoms with Gasteiger partial charge in [-0.05, 0) is 44.9 Å². The molecule has 1 amide bonds. The van der Waals surface area contributed by atoms with E-state index in [9.17, 15) is 9.59 Å². The molecule has 0 aromatic heterocycles. The van der Waals surface area contributed by atoms with Gasteiger partial charge >= 0.3 is 12.1 Å². The lowest BCUT2D eigenvalue weighted by Crippen LogP contribution is -2.27. The molecule has 0 fully saturated rings. The maximum Gasteiger partial charge on any atom is 0.412 e. The number of carboxylic acids is 1. The molecule has 0 heterocycles. The van der Waals surface area contributed by atoms with E-state index in [0.29, 0.717) is 23.4 Å². The molecule has 0 spiro atoms. The van der Waals surface area contributed by atoms with Crippen molar-refractivity contribution in [2.45, 2.75) is 45.3 Å². The van der Waals surface area contributed by atoms with Crippen molar-refractivity contribution in [1.82, 2.24) is 0 Å². The van der Waals surface area contributed by atoms with Crippen molar-refractivity contribution in [3.8, 4) is 5.75 Å². The van der Waals surface area contributed by atoms with E-state index in [2.05, 4.69) is 5.32 Å². The zero-order valence-corrected chi connectivity index (χ0v) is 13.9. The van der Waals surface area contributed by atoms with Gasteiger partial charge in [-0.3, -0.25) is 10.1 Å². The fourth-order valence-electron chi connectivity index (χ4n) is 1.91. The van der Waals surface area contributed by atoms with Crippen LogP contribution < -0.4 is 15.8 Å². The van der Waals surface area contributed by atoms with Crippen LogP contribution in [-0.4, -0.2) is 29.9 Å². The highest BCUT2D eigenvalue weighted by molar-refractivity contribution is 5.87. The van der Waals surface area contributed by atoms with Crippen molar-refractivity contribution in [3.05, 3.63) is 23.8 Å². The Morgan fingerprint density at radius 3 is 2.52 bits per heavy atom. The number of benzene rings is 1. The summed E-state index contributed by atoms with van der Waals surface area (Å²) >= 11 is 0. The summed E-state index contributed by atoms with van der Waals surface area (Å²) in [6, 6.07) is 4.63. The molecular formula is C16H24N2O5. The number of ether oxygens (including phenoxy) is 2. The first kappa shape index (κ1) is 18.8. The van der Waals surface area contributed by atoms with Crippen LogP contribution >= 0.6 is 0 Å². The minimum atomic E-state index is -0.902. The maximum absolute atomic E-state index is 11.9. The topological polar surface area (TPSA) is 111 Å². The molecule has 4 N–H and O–H groups in total. The highest BCUT2D eigenvalue weighted by Crippen LogP contribution is 2.29. The molecule has 0 bridgehead atoms. The van der Waals surface area contributed by atoms with Gasteiger partial charge in [0.25, 0.3) is 0 Å². The number of nitrogens with two attached hydrogens (primary N) is 1. The second-order valence-corrected chi connectivity index (χ2v) is 6.13. The van der Waals surface area contributed by atoms with Gasteiger partial charge in [0.05, 0.1) is 12.8 Å². The van der Waals surface area contributed by atoms with Crippen LogP contribution in [0.5, 0.6) is 5.75 Å². The lowest BCUT2D eigenvalue weighted by molar-refractivity contribution is -0.137. The molecule has 0 aliphatic heterocycles. The van der Waals surface area contributed by atoms with Crippen molar-refractivity contribution in [1.29, 1.82) is 0 Å². The number of hydrogen-bond acceptors (Lipinski definition) is 5. The SMILES string of the molecule is COc1ccc(C(N)CCC(=O)O)cc1NC(=O)OC(C)(C)C. The van der Waals surface area contributed by atoms with Crippen LogP contribution in [0.2, 0.25) is 0 Å². The predicted octanol–water partition coefficient (Wildman–Crippen LogP) is 2.91. The number of carbonyl (C=O) groups is 2. The Hall–Kier alpha value is -2.28. The molecule has 0 aliphatic rings. The van der Waals surface area contributed by atoms with E-state index in [-0.39, 0.29) is 6.42 Å². The maximum atomic E-state index is 11.9. The highest BCUT2D eigenvalue weighted by Gasteiger charge is 2.18. The lowest BCUT2D eigenvalue weighted by Gasteiger charge is -2.21. The summed E-state index contributed by atoms with van der Waals surface area (Å²) in [4.78, 5) is 22.5. The smallest absolute Gasteiger partial charge is 0.412 e. The van der Waals surface area contributed by atoms with Gasteiger partial charge in [-0.2, -0.15) is 0 Å². The quantitative estimate of drug-likeness (QED) is 0.742. The number of methoxy groups -OCH3 is 1. The normalized spacial score (nSPS) is 12.4. The van der Waals surface area contributed by atoms with E-state index in [1.54, 1.807) is 39.0 Å². The number of nitrogens with one attached hydrogen (secondary N) is 1. The first-order valence-corrected chi connectivity index (χ1v) is 7.27. The number of carbonyl (C=O) groups excluding carboxylic acids is 1. The summed E-state index contributed by atoms with van der Waals surface area (Å²) < 4.78 is 10.4. The zero-order chi connectivity index (χ0) is 17.6. The summed E-state index contributed by atoms with van der Waals surface area (Å²) in [5.41, 5.74) is 6.50. The van der Waals surface area contributed by atoms with E-state index in [1.807, 2.05) is 0 Å². The Bertz CT molecular complexity index is 566. The third-order valence-corrected chi connectivity index (χ3v) is 2.96. The van der Waals surface area contributed by atoms with Gasteiger partial charge in [0, 0.05) is 12.5 Å². The minimum absolute atomic E-state index is 0.0258. The molecule has 7 nitrogen and oxygen atoms in total. The second kappa shape index (κ2) is 7.82. The fraction of sp³-hybridized carbons (Fsp3) is 0.500. The first-order chi connectivity index (χ1) is 10.6. The van der Waals surface area contributed by atoms with Gasteiger partial charge in [-0.25, -0.2) is 4.79 Å². The molecule has 1 aromatic carbocycles. The molecule has 0 saturated carbocycles. The largest absolute Gasteiger partial charge is 0.495 e. The number of anilines is 1. The van der Waals surface area contributed by atoms with Crippen molar-refractivity contribution in [2.24, 2.45) is 5.73 Å². The summed E-state index contributed by atoms with van der Waals surface area (Å²) in [5, 5.41) is 11.3. The summed E-state index contributed by atoms with van der Waals surface area (Å²) in [7, 11) is 1.49. The van der Waals surface area contributed by atoms with Crippen LogP contribution in [0.1, 0.15) is 45.2 Å². The molecule has 1 unspecified atom stereocenters. The standard InChI is InChI=1S/C16H24N2O5/c1-16(2,3)23-15(21)18-12-9-10(5-7-13(12)22-4)11(17)6-8-14(19)20/h5,7,9,11H,6,8,17H2,1-4H3,(H,18,21)(H,19,20). The minimum Gasteiger partial charge on any atom is -0.495 e. The first-order valence-electron chi connectivity index (χ1n) is 7.27. The second-order valence-electron chi connectivity index (χ2n) is 6.13. The molecule has 128 valence electrons. The molecule has 0 radical (unpaired) electrons. The molecular weight excluding hydrogens is 300 g/mol. The van der Waals surface area contributed by atoms with Crippen LogP contribution in [0.25, 0.3) is 0 Å². The van der Waals surface area contributed by atoms with Gasteiger partial charge in [-0.15, -0.1) is 0 Å². The average Bonchev–Trinajstić information content (AvgIpc) is 2.42. The molecule has 1 rings (SSSR count). The molecule has 1 aromatic rings. The van der Waals surface area contributed by atoms with Crippen molar-refractivity contribution >= 4 is 17.7 Å². The molecule has 0 aliphatic carbocycles. The van der Waals surface area contributed by atoms with E-state index >= 15 is 0 Å². The Labute approximate surface area is 135 Å². The Morgan fingerprint density at radius 1 is 1.35 bits per heavy atom. The predicted molar refractivity (Wildman–Crippen MR) is 86.6 cm³/mol. The highest BCUT2D eigenvalue weighted by atomic mass is 16.6. The van der Waals surface area contributed by atoms with Gasteiger partial charge in [0.15, 0.2) is 0 Å². The Balaban J connectivity index is 2.90. The summed E-state index contributed by atoms with van der Waals surface area (Å²) in [6.07, 6.45) is -0.331. The third kappa shape index (κ3) is 6.56. The molecule has 1 atom stereocenters. The Kier molecular flexibility index (Phi) is 6.38. The van der Waals surface area contributed by atoms with Crippen molar-refractivity contribution in [3.63, 3.8) is 0 Å². The summed E-state index contributed by atoms with van der Waals surface area (Å²) in [5.74, 6) is -0.439. The third-order valence-electron chi connectivity index (χ3n) is 2.96. The van der Waals surface area contributed by atoms with E-state index < -0.39 is 23.7 Å².